The molecule has 0 N–H and O–H groups in total. The van der Waals surface area contributed by atoms with Crippen LogP contribution in [0.5, 0.6) is 0 Å². The molecule has 7 nitrogen and oxygen atoms in total. The zero-order chi connectivity index (χ0) is 15.6. The van der Waals surface area contributed by atoms with Gasteiger partial charge in [0, 0.05) is 20.3 Å². The Labute approximate surface area is 122 Å². The van der Waals surface area contributed by atoms with Crippen molar-refractivity contribution in [3.8, 4) is 0 Å². The molecule has 2 rings (SSSR count). The van der Waals surface area contributed by atoms with E-state index in [1.54, 1.807) is 19.2 Å². The van der Waals surface area contributed by atoms with Crippen molar-refractivity contribution in [1.29, 1.82) is 0 Å². The average Bonchev–Trinajstić information content (AvgIpc) is 2.93. The highest BCUT2D eigenvalue weighted by molar-refractivity contribution is 7.92. The van der Waals surface area contributed by atoms with Crippen LogP contribution in [0.4, 0.5) is 5.69 Å². The van der Waals surface area contributed by atoms with E-state index in [9.17, 15) is 13.2 Å². The summed E-state index contributed by atoms with van der Waals surface area (Å²) in [5.74, 6) is -0.603. The molecule has 0 saturated heterocycles. The normalized spacial score (nSPS) is 11.2. The summed E-state index contributed by atoms with van der Waals surface area (Å²) in [6.45, 7) is 0. The summed E-state index contributed by atoms with van der Waals surface area (Å²) in [6.07, 6.45) is 2.79. The maximum atomic E-state index is 12.5. The number of sulfonamides is 1. The first-order valence-corrected chi connectivity index (χ1v) is 7.46. The topological polar surface area (TPSA) is 81.5 Å². The Bertz CT molecular complexity index is 767. The summed E-state index contributed by atoms with van der Waals surface area (Å²) in [6, 6.07) is 6.32. The number of esters is 1. The number of anilines is 1. The minimum Gasteiger partial charge on any atom is -0.465 e. The van der Waals surface area contributed by atoms with Crippen molar-refractivity contribution in [2.24, 2.45) is 7.05 Å². The summed E-state index contributed by atoms with van der Waals surface area (Å²) in [4.78, 5) is 15.6. The Hall–Kier alpha value is -2.35. The van der Waals surface area contributed by atoms with E-state index in [0.29, 0.717) is 0 Å². The summed E-state index contributed by atoms with van der Waals surface area (Å²) in [5, 5.41) is -0.0906. The molecule has 0 radical (unpaired) electrons. The van der Waals surface area contributed by atoms with Crippen LogP contribution in [0.1, 0.15) is 10.4 Å². The van der Waals surface area contributed by atoms with Gasteiger partial charge in [0.15, 0.2) is 5.03 Å². The van der Waals surface area contributed by atoms with E-state index < -0.39 is 16.0 Å². The van der Waals surface area contributed by atoms with Gasteiger partial charge in [-0.3, -0.25) is 4.31 Å². The van der Waals surface area contributed by atoms with Gasteiger partial charge in [0.25, 0.3) is 10.0 Å². The molecule has 0 spiro atoms. The number of para-hydroxylation sites is 1. The molecule has 0 fully saturated rings. The summed E-state index contributed by atoms with van der Waals surface area (Å²) < 4.78 is 32.2. The van der Waals surface area contributed by atoms with Crippen molar-refractivity contribution in [1.82, 2.24) is 9.55 Å². The summed E-state index contributed by atoms with van der Waals surface area (Å²) >= 11 is 0. The van der Waals surface area contributed by atoms with Gasteiger partial charge < -0.3 is 9.30 Å². The molecular formula is C13H15N3O4S. The molecule has 0 aliphatic heterocycles. The number of carbonyl (C=O) groups is 1. The number of hydrogen-bond donors (Lipinski definition) is 0. The minimum absolute atomic E-state index is 0.0906. The molecule has 2 aromatic rings. The van der Waals surface area contributed by atoms with Crippen molar-refractivity contribution < 1.29 is 17.9 Å². The van der Waals surface area contributed by atoms with Gasteiger partial charge in [0.1, 0.15) is 0 Å². The van der Waals surface area contributed by atoms with E-state index >= 15 is 0 Å². The second kappa shape index (κ2) is 5.57. The standard InChI is InChI=1S/C13H15N3O4S/c1-15-8-12(14-9-15)21(18,19)16(2)11-7-5-4-6-10(11)13(17)20-3/h4-9H,1-3H3. The number of nitrogens with zero attached hydrogens (tertiary/aromatic N) is 3. The number of rotatable bonds is 4. The third-order valence-electron chi connectivity index (χ3n) is 2.95. The molecule has 0 aliphatic rings. The zero-order valence-electron chi connectivity index (χ0n) is 11.8. The van der Waals surface area contributed by atoms with Gasteiger partial charge in [-0.25, -0.2) is 9.78 Å². The van der Waals surface area contributed by atoms with E-state index in [4.69, 9.17) is 0 Å². The highest BCUT2D eigenvalue weighted by Gasteiger charge is 2.27. The van der Waals surface area contributed by atoms with Crippen LogP contribution in [-0.4, -0.2) is 38.1 Å². The predicted octanol–water partition coefficient (Wildman–Crippen LogP) is 1.03. The minimum atomic E-state index is -3.84. The average molecular weight is 309 g/mol. The van der Waals surface area contributed by atoms with Crippen molar-refractivity contribution >= 4 is 21.7 Å². The van der Waals surface area contributed by atoms with Crippen LogP contribution in [0.15, 0.2) is 41.8 Å². The first-order valence-electron chi connectivity index (χ1n) is 6.02. The number of ether oxygens (including phenoxy) is 1. The van der Waals surface area contributed by atoms with Crippen molar-refractivity contribution in [2.45, 2.75) is 5.03 Å². The Morgan fingerprint density at radius 1 is 1.33 bits per heavy atom. The molecule has 0 saturated carbocycles. The summed E-state index contributed by atoms with van der Waals surface area (Å²) in [5.41, 5.74) is 0.400. The maximum absolute atomic E-state index is 12.5. The molecule has 1 heterocycles. The van der Waals surface area contributed by atoms with E-state index in [1.807, 2.05) is 0 Å². The molecule has 1 aromatic heterocycles. The second-order valence-electron chi connectivity index (χ2n) is 4.36. The highest BCUT2D eigenvalue weighted by atomic mass is 32.2. The smallest absolute Gasteiger partial charge is 0.340 e. The molecule has 112 valence electrons. The highest BCUT2D eigenvalue weighted by Crippen LogP contribution is 2.25. The number of aromatic nitrogens is 2. The van der Waals surface area contributed by atoms with Crippen LogP contribution in [0.25, 0.3) is 0 Å². The van der Waals surface area contributed by atoms with Crippen LogP contribution in [0.2, 0.25) is 0 Å². The number of hydrogen-bond acceptors (Lipinski definition) is 5. The van der Waals surface area contributed by atoms with Crippen LogP contribution in [0.3, 0.4) is 0 Å². The van der Waals surface area contributed by atoms with Gasteiger partial charge in [0.2, 0.25) is 0 Å². The lowest BCUT2D eigenvalue weighted by Crippen LogP contribution is -2.28. The number of benzene rings is 1. The van der Waals surface area contributed by atoms with Gasteiger partial charge in [0.05, 0.1) is 24.7 Å². The van der Waals surface area contributed by atoms with Crippen LogP contribution in [-0.2, 0) is 21.8 Å². The summed E-state index contributed by atoms with van der Waals surface area (Å²) in [7, 11) is 0.442. The largest absolute Gasteiger partial charge is 0.465 e. The van der Waals surface area contributed by atoms with E-state index in [2.05, 4.69) is 9.72 Å². The molecule has 21 heavy (non-hydrogen) atoms. The van der Waals surface area contributed by atoms with Crippen molar-refractivity contribution in [2.75, 3.05) is 18.5 Å². The number of carbonyl (C=O) groups excluding carboxylic acids is 1. The van der Waals surface area contributed by atoms with Crippen molar-refractivity contribution in [3.63, 3.8) is 0 Å². The fourth-order valence-electron chi connectivity index (χ4n) is 1.82. The SMILES string of the molecule is COC(=O)c1ccccc1N(C)S(=O)(=O)c1cn(C)cn1. The molecule has 0 aliphatic carbocycles. The molecule has 0 bridgehead atoms. The van der Waals surface area contributed by atoms with E-state index in [0.717, 1.165) is 4.31 Å². The first kappa shape index (κ1) is 15.0. The quantitative estimate of drug-likeness (QED) is 0.788. The lowest BCUT2D eigenvalue weighted by atomic mass is 10.2. The van der Waals surface area contributed by atoms with Crippen LogP contribution >= 0.6 is 0 Å². The van der Waals surface area contributed by atoms with Gasteiger partial charge in [-0.2, -0.15) is 8.42 Å². The van der Waals surface area contributed by atoms with Gasteiger partial charge in [-0.1, -0.05) is 12.1 Å². The monoisotopic (exact) mass is 309 g/mol. The molecule has 8 heteroatoms. The fraction of sp³-hybridized carbons (Fsp3) is 0.231. The molecule has 0 unspecified atom stereocenters. The van der Waals surface area contributed by atoms with E-state index in [1.165, 1.54) is 43.4 Å². The Kier molecular flexibility index (Phi) is 3.99. The van der Waals surface area contributed by atoms with Crippen molar-refractivity contribution in [3.05, 3.63) is 42.4 Å². The number of aryl methyl sites for hydroxylation is 1. The molecule has 0 amide bonds. The fourth-order valence-corrected chi connectivity index (χ4v) is 3.00. The predicted molar refractivity (Wildman–Crippen MR) is 76.6 cm³/mol. The first-order chi connectivity index (χ1) is 9.87. The molecule has 0 atom stereocenters. The second-order valence-corrected chi connectivity index (χ2v) is 6.27. The zero-order valence-corrected chi connectivity index (χ0v) is 12.7. The Morgan fingerprint density at radius 2 is 2.00 bits per heavy atom. The molecular weight excluding hydrogens is 294 g/mol. The lowest BCUT2D eigenvalue weighted by Gasteiger charge is -2.20. The third kappa shape index (κ3) is 2.75. The number of methoxy groups -OCH3 is 1. The lowest BCUT2D eigenvalue weighted by molar-refractivity contribution is 0.0601. The Balaban J connectivity index is 2.50. The van der Waals surface area contributed by atoms with Crippen LogP contribution in [0, 0.1) is 0 Å². The maximum Gasteiger partial charge on any atom is 0.340 e. The van der Waals surface area contributed by atoms with Gasteiger partial charge >= 0.3 is 5.97 Å². The third-order valence-corrected chi connectivity index (χ3v) is 4.61. The molecule has 1 aromatic carbocycles. The number of imidazole rings is 1. The Morgan fingerprint density at radius 3 is 2.57 bits per heavy atom. The van der Waals surface area contributed by atoms with Gasteiger partial charge in [-0.05, 0) is 12.1 Å². The van der Waals surface area contributed by atoms with E-state index in [-0.39, 0.29) is 16.3 Å². The van der Waals surface area contributed by atoms with Crippen LogP contribution < -0.4 is 4.31 Å². The van der Waals surface area contributed by atoms with Gasteiger partial charge in [-0.15, -0.1) is 0 Å².